The molecule has 1 heterocycles. The van der Waals surface area contributed by atoms with Crippen LogP contribution in [0, 0.1) is 17.0 Å². The van der Waals surface area contributed by atoms with Gasteiger partial charge < -0.3 is 5.73 Å². The van der Waals surface area contributed by atoms with Crippen LogP contribution in [0.15, 0.2) is 18.2 Å². The van der Waals surface area contributed by atoms with E-state index >= 15 is 0 Å². The van der Waals surface area contributed by atoms with Gasteiger partial charge in [0.05, 0.1) is 10.6 Å². The molecule has 1 aromatic heterocycles. The zero-order valence-electron chi connectivity index (χ0n) is 12.5. The summed E-state index contributed by atoms with van der Waals surface area (Å²) in [6.45, 7) is 1.74. The number of hydrogen-bond donors (Lipinski definition) is 2. The van der Waals surface area contributed by atoms with Crippen LogP contribution < -0.4 is 11.1 Å². The number of carbonyl (C=O) groups is 1. The van der Waals surface area contributed by atoms with E-state index in [9.17, 15) is 14.9 Å². The van der Waals surface area contributed by atoms with Gasteiger partial charge in [-0.2, -0.15) is 0 Å². The zero-order valence-corrected chi connectivity index (χ0v) is 13.4. The second-order valence-electron chi connectivity index (χ2n) is 5.60. The van der Waals surface area contributed by atoms with Crippen LogP contribution in [0.2, 0.25) is 0 Å². The maximum Gasteiger partial charge on any atom is 0.270 e. The molecule has 0 unspecified atom stereocenters. The van der Waals surface area contributed by atoms with Gasteiger partial charge in [0.25, 0.3) is 11.6 Å². The summed E-state index contributed by atoms with van der Waals surface area (Å²) in [6.07, 6.45) is 2.49. The van der Waals surface area contributed by atoms with Crippen molar-refractivity contribution in [1.82, 2.24) is 4.98 Å². The Bertz CT molecular complexity index is 787. The second-order valence-corrected chi connectivity index (χ2v) is 6.69. The highest BCUT2D eigenvalue weighted by Crippen LogP contribution is 2.30. The average Bonchev–Trinajstić information content (AvgIpc) is 2.88. The fourth-order valence-electron chi connectivity index (χ4n) is 2.59. The zero-order chi connectivity index (χ0) is 16.6. The van der Waals surface area contributed by atoms with E-state index in [4.69, 9.17) is 5.73 Å². The number of rotatable bonds is 3. The first-order chi connectivity index (χ1) is 10.9. The number of aryl methyl sites for hydroxylation is 2. The van der Waals surface area contributed by atoms with Crippen LogP contribution in [0.1, 0.15) is 32.9 Å². The Morgan fingerprint density at radius 3 is 3.04 bits per heavy atom. The molecule has 8 heteroatoms. The van der Waals surface area contributed by atoms with Crippen molar-refractivity contribution in [2.45, 2.75) is 32.2 Å². The van der Waals surface area contributed by atoms with Gasteiger partial charge in [0.1, 0.15) is 0 Å². The summed E-state index contributed by atoms with van der Waals surface area (Å²) in [5, 5.41) is 14.1. The summed E-state index contributed by atoms with van der Waals surface area (Å²) in [5.41, 5.74) is 7.78. The van der Waals surface area contributed by atoms with Crippen LogP contribution in [0.4, 0.5) is 10.8 Å². The third-order valence-corrected chi connectivity index (χ3v) is 4.91. The van der Waals surface area contributed by atoms with Crippen molar-refractivity contribution in [3.05, 3.63) is 50.0 Å². The predicted octanol–water partition coefficient (Wildman–Crippen LogP) is 2.43. The quantitative estimate of drug-likeness (QED) is 0.662. The predicted molar refractivity (Wildman–Crippen MR) is 87.9 cm³/mol. The van der Waals surface area contributed by atoms with Crippen LogP contribution in [0.25, 0.3) is 0 Å². The van der Waals surface area contributed by atoms with Gasteiger partial charge in [-0.25, -0.2) is 4.98 Å². The molecule has 2 aromatic rings. The number of nitro groups is 1. The Labute approximate surface area is 136 Å². The molecule has 0 saturated carbocycles. The first-order valence-electron chi connectivity index (χ1n) is 7.24. The van der Waals surface area contributed by atoms with Crippen molar-refractivity contribution in [1.29, 1.82) is 0 Å². The molecule has 7 nitrogen and oxygen atoms in total. The van der Waals surface area contributed by atoms with Gasteiger partial charge in [0.15, 0.2) is 5.13 Å². The number of aromatic nitrogens is 1. The summed E-state index contributed by atoms with van der Waals surface area (Å²) in [6, 6.07) is 4.38. The number of nitro benzene ring substituents is 1. The number of fused-ring (bicyclic) bond motifs is 1. The maximum absolute atomic E-state index is 12.4. The molecule has 3 rings (SSSR count). The van der Waals surface area contributed by atoms with Crippen LogP contribution in [-0.4, -0.2) is 21.9 Å². The van der Waals surface area contributed by atoms with E-state index < -0.39 is 4.92 Å². The molecular weight excluding hydrogens is 316 g/mol. The minimum atomic E-state index is -0.514. The van der Waals surface area contributed by atoms with Crippen LogP contribution >= 0.6 is 11.3 Å². The Kier molecular flexibility index (Phi) is 4.10. The average molecular weight is 332 g/mol. The Morgan fingerprint density at radius 1 is 1.52 bits per heavy atom. The van der Waals surface area contributed by atoms with Crippen molar-refractivity contribution in [2.24, 2.45) is 5.73 Å². The number of nitrogens with zero attached hydrogens (tertiary/aromatic N) is 2. The molecule has 1 aliphatic carbocycles. The molecule has 0 bridgehead atoms. The highest BCUT2D eigenvalue weighted by atomic mass is 32.1. The Morgan fingerprint density at radius 2 is 2.30 bits per heavy atom. The number of nitrogens with one attached hydrogen (secondary N) is 1. The van der Waals surface area contributed by atoms with E-state index in [2.05, 4.69) is 10.3 Å². The number of carbonyl (C=O) groups excluding carboxylic acids is 1. The largest absolute Gasteiger partial charge is 0.327 e. The van der Waals surface area contributed by atoms with E-state index in [0.29, 0.717) is 10.7 Å². The molecule has 0 radical (unpaired) electrons. The summed E-state index contributed by atoms with van der Waals surface area (Å²) < 4.78 is 0. The maximum atomic E-state index is 12.4. The molecule has 1 aliphatic rings. The first kappa shape index (κ1) is 15.6. The highest BCUT2D eigenvalue weighted by Gasteiger charge is 2.22. The SMILES string of the molecule is Cc1ccc([N+](=O)[O-])cc1C(=O)Nc1nc2c(s1)C[C@@H](N)CC2. The van der Waals surface area contributed by atoms with E-state index in [1.165, 1.54) is 23.5 Å². The number of thiazole rings is 1. The minimum absolute atomic E-state index is 0.106. The molecule has 3 N–H and O–H groups in total. The normalized spacial score (nSPS) is 16.7. The number of hydrogen-bond acceptors (Lipinski definition) is 6. The molecule has 0 fully saturated rings. The highest BCUT2D eigenvalue weighted by molar-refractivity contribution is 7.15. The molecular formula is C15H16N4O3S. The van der Waals surface area contributed by atoms with Crippen molar-refractivity contribution in [3.8, 4) is 0 Å². The van der Waals surface area contributed by atoms with E-state index in [0.717, 1.165) is 29.8 Å². The Balaban J connectivity index is 1.82. The lowest BCUT2D eigenvalue weighted by molar-refractivity contribution is -0.384. The van der Waals surface area contributed by atoms with E-state index in [1.54, 1.807) is 13.0 Å². The van der Waals surface area contributed by atoms with Gasteiger partial charge >= 0.3 is 0 Å². The van der Waals surface area contributed by atoms with Gasteiger partial charge in [0.2, 0.25) is 0 Å². The second kappa shape index (κ2) is 6.05. The lowest BCUT2D eigenvalue weighted by Gasteiger charge is -2.15. The molecule has 1 amide bonds. The number of amides is 1. The molecule has 0 aliphatic heterocycles. The summed E-state index contributed by atoms with van der Waals surface area (Å²) >= 11 is 1.42. The van der Waals surface area contributed by atoms with Gasteiger partial charge in [-0.3, -0.25) is 20.2 Å². The lowest BCUT2D eigenvalue weighted by Crippen LogP contribution is -2.27. The number of non-ortho nitro benzene ring substituents is 1. The monoisotopic (exact) mass is 332 g/mol. The third kappa shape index (κ3) is 3.22. The first-order valence-corrected chi connectivity index (χ1v) is 8.06. The van der Waals surface area contributed by atoms with E-state index in [-0.39, 0.29) is 23.2 Å². The van der Waals surface area contributed by atoms with Crippen LogP contribution in [0.3, 0.4) is 0 Å². The third-order valence-electron chi connectivity index (χ3n) is 3.87. The van der Waals surface area contributed by atoms with E-state index in [1.807, 2.05) is 0 Å². The topological polar surface area (TPSA) is 111 Å². The van der Waals surface area contributed by atoms with Gasteiger partial charge in [-0.15, -0.1) is 11.3 Å². The standard InChI is InChI=1S/C15H16N4O3S/c1-8-2-4-10(19(21)22)7-11(8)14(20)18-15-17-12-5-3-9(16)6-13(12)23-15/h2,4,7,9H,3,5-6,16H2,1H3,(H,17,18,20)/t9-/m0/s1. The molecule has 23 heavy (non-hydrogen) atoms. The van der Waals surface area contributed by atoms with Crippen molar-refractivity contribution in [2.75, 3.05) is 5.32 Å². The van der Waals surface area contributed by atoms with Crippen molar-refractivity contribution < 1.29 is 9.72 Å². The fourth-order valence-corrected chi connectivity index (χ4v) is 3.68. The molecule has 0 spiro atoms. The smallest absolute Gasteiger partial charge is 0.270 e. The molecule has 0 saturated heterocycles. The van der Waals surface area contributed by atoms with Gasteiger partial charge in [0, 0.05) is 28.6 Å². The Hall–Kier alpha value is -2.32. The summed E-state index contributed by atoms with van der Waals surface area (Å²) in [7, 11) is 0. The summed E-state index contributed by atoms with van der Waals surface area (Å²) in [5.74, 6) is -0.387. The van der Waals surface area contributed by atoms with Crippen LogP contribution in [-0.2, 0) is 12.8 Å². The van der Waals surface area contributed by atoms with Crippen molar-refractivity contribution in [3.63, 3.8) is 0 Å². The number of benzene rings is 1. The van der Waals surface area contributed by atoms with Crippen molar-refractivity contribution >= 4 is 28.1 Å². The molecule has 120 valence electrons. The van der Waals surface area contributed by atoms with Gasteiger partial charge in [-0.05, 0) is 31.7 Å². The number of anilines is 1. The number of nitrogens with two attached hydrogens (primary N) is 1. The lowest BCUT2D eigenvalue weighted by atomic mass is 9.99. The molecule has 1 atom stereocenters. The van der Waals surface area contributed by atoms with Gasteiger partial charge in [-0.1, -0.05) is 6.07 Å². The minimum Gasteiger partial charge on any atom is -0.327 e. The summed E-state index contributed by atoms with van der Waals surface area (Å²) in [4.78, 5) is 28.3. The van der Waals surface area contributed by atoms with Crippen LogP contribution in [0.5, 0.6) is 0 Å². The molecule has 1 aromatic carbocycles. The fraction of sp³-hybridized carbons (Fsp3) is 0.333.